The fourth-order valence-electron chi connectivity index (χ4n) is 1.96. The van der Waals surface area contributed by atoms with Crippen LogP contribution in [0.1, 0.15) is 0 Å². The third-order valence-electron chi connectivity index (χ3n) is 3.19. The van der Waals surface area contributed by atoms with Gasteiger partial charge >= 0.3 is 6.01 Å². The van der Waals surface area contributed by atoms with Crippen LogP contribution in [0.25, 0.3) is 11.5 Å². The molecule has 2 aromatic carbocycles. The second kappa shape index (κ2) is 8.04. The van der Waals surface area contributed by atoms with Crippen molar-refractivity contribution in [1.82, 2.24) is 10.2 Å². The molecular weight excluding hydrogens is 362 g/mol. The Balaban J connectivity index is 1.55. The molecule has 0 aliphatic carbocycles. The van der Waals surface area contributed by atoms with Gasteiger partial charge in [-0.25, -0.2) is 0 Å². The maximum Gasteiger partial charge on any atom is 0.322 e. The highest BCUT2D eigenvalue weighted by atomic mass is 35.5. The van der Waals surface area contributed by atoms with Gasteiger partial charge in [0, 0.05) is 15.5 Å². The average molecular weight is 376 g/mol. The summed E-state index contributed by atoms with van der Waals surface area (Å²) in [5.74, 6) is 1.08. The Morgan fingerprint density at radius 2 is 1.88 bits per heavy atom. The first-order valence-electron chi connectivity index (χ1n) is 7.30. The molecule has 1 amide bonds. The number of anilines is 1. The van der Waals surface area contributed by atoms with E-state index >= 15 is 0 Å². The van der Waals surface area contributed by atoms with Crippen LogP contribution in [0.3, 0.4) is 0 Å². The smallest absolute Gasteiger partial charge is 0.322 e. The highest BCUT2D eigenvalue weighted by molar-refractivity contribution is 8.00. The van der Waals surface area contributed by atoms with Crippen molar-refractivity contribution in [1.29, 1.82) is 0 Å². The van der Waals surface area contributed by atoms with Gasteiger partial charge in [-0.2, -0.15) is 0 Å². The number of ether oxygens (including phenoxy) is 1. The second-order valence-electron chi connectivity index (χ2n) is 4.93. The van der Waals surface area contributed by atoms with Crippen molar-refractivity contribution in [3.8, 4) is 17.2 Å². The standard InChI is InChI=1S/C17H14ClN3O3S/c1-23-13-6-8-14(9-7-13)25-10-15(22)19-17-21-20-16(24-17)11-2-4-12(18)5-3-11/h2-9H,10H2,1H3,(H,19,21,22). The second-order valence-corrected chi connectivity index (χ2v) is 6.42. The first-order valence-corrected chi connectivity index (χ1v) is 8.66. The lowest BCUT2D eigenvalue weighted by Crippen LogP contribution is -2.14. The van der Waals surface area contributed by atoms with Crippen molar-refractivity contribution in [2.45, 2.75) is 4.90 Å². The van der Waals surface area contributed by atoms with Crippen LogP contribution < -0.4 is 10.1 Å². The number of hydrogen-bond donors (Lipinski definition) is 1. The summed E-state index contributed by atoms with van der Waals surface area (Å²) in [6, 6.07) is 14.5. The Kier molecular flexibility index (Phi) is 5.57. The fourth-order valence-corrected chi connectivity index (χ4v) is 2.78. The number of hydrogen-bond acceptors (Lipinski definition) is 6. The average Bonchev–Trinajstić information content (AvgIpc) is 3.09. The number of methoxy groups -OCH3 is 1. The lowest BCUT2D eigenvalue weighted by Gasteiger charge is -2.03. The van der Waals surface area contributed by atoms with Crippen molar-refractivity contribution >= 4 is 35.3 Å². The molecule has 0 saturated carbocycles. The molecule has 0 spiro atoms. The highest BCUT2D eigenvalue weighted by Gasteiger charge is 2.11. The van der Waals surface area contributed by atoms with E-state index in [1.54, 1.807) is 31.4 Å². The largest absolute Gasteiger partial charge is 0.497 e. The van der Waals surface area contributed by atoms with Crippen molar-refractivity contribution < 1.29 is 13.9 Å². The molecule has 0 radical (unpaired) electrons. The number of benzene rings is 2. The van der Waals surface area contributed by atoms with Gasteiger partial charge < -0.3 is 9.15 Å². The molecule has 0 fully saturated rings. The van der Waals surface area contributed by atoms with Crippen molar-refractivity contribution in [3.63, 3.8) is 0 Å². The summed E-state index contributed by atoms with van der Waals surface area (Å²) < 4.78 is 10.5. The fraction of sp³-hybridized carbons (Fsp3) is 0.118. The molecular formula is C17H14ClN3O3S. The van der Waals surface area contributed by atoms with Crippen LogP contribution in [0.15, 0.2) is 57.8 Å². The highest BCUT2D eigenvalue weighted by Crippen LogP contribution is 2.23. The van der Waals surface area contributed by atoms with E-state index in [-0.39, 0.29) is 17.7 Å². The summed E-state index contributed by atoms with van der Waals surface area (Å²) in [6.07, 6.45) is 0. The maximum absolute atomic E-state index is 12.0. The molecule has 1 aromatic heterocycles. The van der Waals surface area contributed by atoms with E-state index in [1.165, 1.54) is 11.8 Å². The van der Waals surface area contributed by atoms with Crippen LogP contribution >= 0.6 is 23.4 Å². The third-order valence-corrected chi connectivity index (χ3v) is 4.46. The van der Waals surface area contributed by atoms with E-state index in [0.717, 1.165) is 16.2 Å². The zero-order chi connectivity index (χ0) is 17.6. The number of thioether (sulfide) groups is 1. The Morgan fingerprint density at radius 1 is 1.16 bits per heavy atom. The molecule has 0 unspecified atom stereocenters. The van der Waals surface area contributed by atoms with Crippen LogP contribution in [0.5, 0.6) is 5.75 Å². The molecule has 0 atom stereocenters. The minimum absolute atomic E-state index is 0.0604. The molecule has 8 heteroatoms. The van der Waals surface area contributed by atoms with Gasteiger partial charge in [-0.1, -0.05) is 16.7 Å². The quantitative estimate of drug-likeness (QED) is 0.653. The van der Waals surface area contributed by atoms with Crippen LogP contribution in [-0.4, -0.2) is 29.0 Å². The van der Waals surface area contributed by atoms with E-state index in [4.69, 9.17) is 20.8 Å². The molecule has 0 saturated heterocycles. The van der Waals surface area contributed by atoms with Gasteiger partial charge in [-0.3, -0.25) is 10.1 Å². The Morgan fingerprint density at radius 3 is 2.56 bits per heavy atom. The molecule has 0 bridgehead atoms. The van der Waals surface area contributed by atoms with Gasteiger partial charge in [0.15, 0.2) is 0 Å². The van der Waals surface area contributed by atoms with E-state index in [0.29, 0.717) is 10.9 Å². The predicted molar refractivity (Wildman–Crippen MR) is 97.1 cm³/mol. The normalized spacial score (nSPS) is 10.5. The van der Waals surface area contributed by atoms with Gasteiger partial charge in [0.05, 0.1) is 12.9 Å². The van der Waals surface area contributed by atoms with Crippen LogP contribution in [0.2, 0.25) is 5.02 Å². The molecule has 1 N–H and O–H groups in total. The van der Waals surface area contributed by atoms with Crippen LogP contribution in [-0.2, 0) is 4.79 Å². The van der Waals surface area contributed by atoms with Crippen LogP contribution in [0.4, 0.5) is 6.01 Å². The summed E-state index contributed by atoms with van der Waals surface area (Å²) in [7, 11) is 1.61. The Labute approximate surface area is 153 Å². The van der Waals surface area contributed by atoms with E-state index in [1.807, 2.05) is 24.3 Å². The van der Waals surface area contributed by atoms with Gasteiger partial charge in [0.1, 0.15) is 5.75 Å². The van der Waals surface area contributed by atoms with Gasteiger partial charge in [-0.15, -0.1) is 16.9 Å². The Bertz CT molecular complexity index is 850. The predicted octanol–water partition coefficient (Wildman–Crippen LogP) is 4.13. The van der Waals surface area contributed by atoms with E-state index < -0.39 is 0 Å². The zero-order valence-corrected chi connectivity index (χ0v) is 14.8. The summed E-state index contributed by atoms with van der Waals surface area (Å²) >= 11 is 7.24. The van der Waals surface area contributed by atoms with Gasteiger partial charge in [0.25, 0.3) is 0 Å². The molecule has 0 aliphatic rings. The minimum atomic E-state index is -0.230. The minimum Gasteiger partial charge on any atom is -0.497 e. The number of nitrogens with one attached hydrogen (secondary N) is 1. The van der Waals surface area contributed by atoms with Crippen molar-refractivity contribution in [2.75, 3.05) is 18.2 Å². The number of rotatable bonds is 6. The van der Waals surface area contributed by atoms with Gasteiger partial charge in [0.2, 0.25) is 11.8 Å². The van der Waals surface area contributed by atoms with Gasteiger partial charge in [-0.05, 0) is 48.5 Å². The number of halogens is 1. The lowest BCUT2D eigenvalue weighted by atomic mass is 10.2. The summed E-state index contributed by atoms with van der Waals surface area (Å²) in [5.41, 5.74) is 0.727. The summed E-state index contributed by atoms with van der Waals surface area (Å²) in [5, 5.41) is 10.9. The maximum atomic E-state index is 12.0. The molecule has 1 heterocycles. The van der Waals surface area contributed by atoms with Crippen molar-refractivity contribution in [2.24, 2.45) is 0 Å². The van der Waals surface area contributed by atoms with Crippen molar-refractivity contribution in [3.05, 3.63) is 53.6 Å². The topological polar surface area (TPSA) is 77.2 Å². The number of aromatic nitrogens is 2. The number of carbonyl (C=O) groups excluding carboxylic acids is 1. The SMILES string of the molecule is COc1ccc(SCC(=O)Nc2nnc(-c3ccc(Cl)cc3)o2)cc1. The third kappa shape index (κ3) is 4.74. The molecule has 6 nitrogen and oxygen atoms in total. The van der Waals surface area contributed by atoms with Crippen LogP contribution in [0, 0.1) is 0 Å². The monoisotopic (exact) mass is 375 g/mol. The first-order chi connectivity index (χ1) is 12.1. The molecule has 25 heavy (non-hydrogen) atoms. The van der Waals surface area contributed by atoms with E-state index in [2.05, 4.69) is 15.5 Å². The first kappa shape index (κ1) is 17.3. The van der Waals surface area contributed by atoms with E-state index in [9.17, 15) is 4.79 Å². The molecule has 3 aromatic rings. The molecule has 3 rings (SSSR count). The lowest BCUT2D eigenvalue weighted by molar-refractivity contribution is -0.113. The number of nitrogens with zero attached hydrogens (tertiary/aromatic N) is 2. The summed E-state index contributed by atoms with van der Waals surface area (Å²) in [4.78, 5) is 13.0. The molecule has 0 aliphatic heterocycles. The zero-order valence-electron chi connectivity index (χ0n) is 13.2. The number of carbonyl (C=O) groups is 1. The molecule has 128 valence electrons. The Hall–Kier alpha value is -2.51. The number of amides is 1. The summed E-state index contributed by atoms with van der Waals surface area (Å²) in [6.45, 7) is 0.